The minimum Gasteiger partial charge on any atom is -0.479 e. The molecule has 2 aliphatic rings. The lowest BCUT2D eigenvalue weighted by Crippen LogP contribution is -2.45. The van der Waals surface area contributed by atoms with Crippen LogP contribution in [-0.4, -0.2) is 52.3 Å². The molecular weight excluding hydrogens is 248 g/mol. The van der Waals surface area contributed by atoms with Crippen molar-refractivity contribution >= 4 is 12.0 Å². The Kier molecular flexibility index (Phi) is 4.63. The van der Waals surface area contributed by atoms with E-state index in [1.54, 1.807) is 0 Å². The van der Waals surface area contributed by atoms with Crippen LogP contribution in [0.2, 0.25) is 0 Å². The maximum Gasteiger partial charge on any atom is 0.332 e. The fraction of sp³-hybridized carbons (Fsp3) is 0.846. The number of aliphatic hydroxyl groups excluding tert-OH is 1. The Balaban J connectivity index is 1.75. The molecule has 0 spiro atoms. The van der Waals surface area contributed by atoms with Crippen LogP contribution >= 0.6 is 0 Å². The Bertz CT molecular complexity index is 348. The molecule has 3 unspecified atom stereocenters. The van der Waals surface area contributed by atoms with Gasteiger partial charge in [-0.25, -0.2) is 9.59 Å². The summed E-state index contributed by atoms with van der Waals surface area (Å²) in [5, 5.41) is 20.4. The lowest BCUT2D eigenvalue weighted by molar-refractivity contribution is -0.146. The van der Waals surface area contributed by atoms with Gasteiger partial charge >= 0.3 is 12.0 Å². The molecule has 2 rings (SSSR count). The standard InChI is InChI=1S/C13H22N2O4/c16-11(12(17)18)5-7-14-13(19)15-8-6-9-3-1-2-4-10(9)15/h9-11,16H,1-8H2,(H,14,19)(H,17,18). The molecule has 6 heteroatoms. The molecule has 0 aromatic heterocycles. The van der Waals surface area contributed by atoms with Crippen molar-refractivity contribution in [2.24, 2.45) is 5.92 Å². The number of fused-ring (bicyclic) bond motifs is 1. The van der Waals surface area contributed by atoms with Crippen molar-refractivity contribution in [3.8, 4) is 0 Å². The van der Waals surface area contributed by atoms with Gasteiger partial charge in [0.15, 0.2) is 6.10 Å². The molecule has 0 bridgehead atoms. The first-order valence-corrected chi connectivity index (χ1v) is 7.05. The van der Waals surface area contributed by atoms with Gasteiger partial charge in [0.25, 0.3) is 0 Å². The fourth-order valence-corrected chi connectivity index (χ4v) is 3.20. The van der Waals surface area contributed by atoms with Crippen molar-refractivity contribution < 1.29 is 19.8 Å². The van der Waals surface area contributed by atoms with Gasteiger partial charge in [-0.3, -0.25) is 0 Å². The molecule has 6 nitrogen and oxygen atoms in total. The highest BCUT2D eigenvalue weighted by Crippen LogP contribution is 2.35. The second-order valence-corrected chi connectivity index (χ2v) is 5.47. The number of likely N-dealkylation sites (tertiary alicyclic amines) is 1. The Morgan fingerprint density at radius 1 is 1.26 bits per heavy atom. The number of nitrogens with one attached hydrogen (secondary N) is 1. The molecular formula is C13H22N2O4. The van der Waals surface area contributed by atoms with Gasteiger partial charge in [-0.1, -0.05) is 12.8 Å². The molecule has 3 atom stereocenters. The van der Waals surface area contributed by atoms with Gasteiger partial charge in [0.1, 0.15) is 0 Å². The van der Waals surface area contributed by atoms with Crippen molar-refractivity contribution in [2.45, 2.75) is 50.7 Å². The van der Waals surface area contributed by atoms with Crippen molar-refractivity contribution in [3.05, 3.63) is 0 Å². The molecule has 1 saturated carbocycles. The third-order valence-corrected chi connectivity index (χ3v) is 4.25. The molecule has 2 amide bonds. The first-order chi connectivity index (χ1) is 9.09. The first-order valence-electron chi connectivity index (χ1n) is 7.05. The Labute approximate surface area is 112 Å². The van der Waals surface area contributed by atoms with Gasteiger partial charge in [-0.05, 0) is 25.2 Å². The average Bonchev–Trinajstić information content (AvgIpc) is 2.82. The molecule has 0 radical (unpaired) electrons. The number of hydrogen-bond acceptors (Lipinski definition) is 3. The molecule has 108 valence electrons. The summed E-state index contributed by atoms with van der Waals surface area (Å²) in [6, 6.07) is 0.241. The summed E-state index contributed by atoms with van der Waals surface area (Å²) >= 11 is 0. The zero-order valence-electron chi connectivity index (χ0n) is 11.0. The van der Waals surface area contributed by atoms with Crippen LogP contribution in [0.3, 0.4) is 0 Å². The van der Waals surface area contributed by atoms with Gasteiger partial charge in [0.05, 0.1) is 0 Å². The molecule has 1 heterocycles. The lowest BCUT2D eigenvalue weighted by atomic mass is 9.85. The summed E-state index contributed by atoms with van der Waals surface area (Å²) < 4.78 is 0. The van der Waals surface area contributed by atoms with Crippen LogP contribution in [0.25, 0.3) is 0 Å². The number of carbonyl (C=O) groups excluding carboxylic acids is 1. The molecule has 1 saturated heterocycles. The van der Waals surface area contributed by atoms with Crippen LogP contribution in [0.15, 0.2) is 0 Å². The van der Waals surface area contributed by atoms with Gasteiger partial charge in [-0.2, -0.15) is 0 Å². The Hall–Kier alpha value is -1.30. The quantitative estimate of drug-likeness (QED) is 0.704. The van der Waals surface area contributed by atoms with E-state index in [-0.39, 0.29) is 19.0 Å². The molecule has 0 aromatic carbocycles. The molecule has 2 fully saturated rings. The average molecular weight is 270 g/mol. The fourth-order valence-electron chi connectivity index (χ4n) is 3.20. The maximum absolute atomic E-state index is 12.0. The van der Waals surface area contributed by atoms with Crippen LogP contribution in [0.1, 0.15) is 38.5 Å². The summed E-state index contributed by atoms with van der Waals surface area (Å²) in [6.07, 6.45) is 4.46. The summed E-state index contributed by atoms with van der Waals surface area (Å²) in [4.78, 5) is 24.4. The van der Waals surface area contributed by atoms with Gasteiger partial charge in [0.2, 0.25) is 0 Å². The number of amides is 2. The highest BCUT2D eigenvalue weighted by atomic mass is 16.4. The van der Waals surface area contributed by atoms with Crippen molar-refractivity contribution in [3.63, 3.8) is 0 Å². The first kappa shape index (κ1) is 14.1. The topological polar surface area (TPSA) is 89.9 Å². The van der Waals surface area contributed by atoms with E-state index in [9.17, 15) is 9.59 Å². The van der Waals surface area contributed by atoms with Crippen LogP contribution in [0.4, 0.5) is 4.79 Å². The second-order valence-electron chi connectivity index (χ2n) is 5.47. The zero-order valence-corrected chi connectivity index (χ0v) is 11.0. The highest BCUT2D eigenvalue weighted by Gasteiger charge is 2.37. The maximum atomic E-state index is 12.0. The molecule has 19 heavy (non-hydrogen) atoms. The van der Waals surface area contributed by atoms with E-state index < -0.39 is 12.1 Å². The van der Waals surface area contributed by atoms with Crippen molar-refractivity contribution in [2.75, 3.05) is 13.1 Å². The number of nitrogens with zero attached hydrogens (tertiary/aromatic N) is 1. The number of hydrogen-bond donors (Lipinski definition) is 3. The summed E-state index contributed by atoms with van der Waals surface area (Å²) in [5.41, 5.74) is 0. The van der Waals surface area contributed by atoms with Crippen LogP contribution < -0.4 is 5.32 Å². The van der Waals surface area contributed by atoms with Crippen molar-refractivity contribution in [1.29, 1.82) is 0 Å². The minimum atomic E-state index is -1.40. The second kappa shape index (κ2) is 6.23. The zero-order chi connectivity index (χ0) is 13.8. The number of carboxylic acids is 1. The van der Waals surface area contributed by atoms with E-state index in [1.807, 2.05) is 4.90 Å². The predicted octanol–water partition coefficient (Wildman–Crippen LogP) is 0.796. The third kappa shape index (κ3) is 3.37. The van der Waals surface area contributed by atoms with Crippen LogP contribution in [0, 0.1) is 5.92 Å². The van der Waals surface area contributed by atoms with Crippen LogP contribution in [-0.2, 0) is 4.79 Å². The molecule has 0 aromatic rings. The number of carboxylic acid groups (broad SMARTS) is 1. The number of aliphatic carboxylic acids is 1. The third-order valence-electron chi connectivity index (χ3n) is 4.25. The molecule has 1 aliphatic heterocycles. The van der Waals surface area contributed by atoms with E-state index in [0.29, 0.717) is 12.0 Å². The SMILES string of the molecule is O=C(O)C(O)CCNC(=O)N1CCC2CCCCC21. The summed E-state index contributed by atoms with van der Waals surface area (Å²) in [7, 11) is 0. The summed E-state index contributed by atoms with van der Waals surface area (Å²) in [6.45, 7) is 0.989. The normalized spacial score (nSPS) is 27.7. The van der Waals surface area contributed by atoms with E-state index >= 15 is 0 Å². The van der Waals surface area contributed by atoms with Crippen molar-refractivity contribution in [1.82, 2.24) is 10.2 Å². The van der Waals surface area contributed by atoms with Gasteiger partial charge in [0, 0.05) is 25.6 Å². The predicted molar refractivity (Wildman–Crippen MR) is 68.7 cm³/mol. The molecule has 3 N–H and O–H groups in total. The Morgan fingerprint density at radius 3 is 2.74 bits per heavy atom. The van der Waals surface area contributed by atoms with E-state index in [1.165, 1.54) is 19.3 Å². The van der Waals surface area contributed by atoms with Gasteiger partial charge in [-0.15, -0.1) is 0 Å². The number of aliphatic hydroxyl groups is 1. The van der Waals surface area contributed by atoms with E-state index in [0.717, 1.165) is 19.4 Å². The summed E-state index contributed by atoms with van der Waals surface area (Å²) in [5.74, 6) is -0.605. The molecule has 1 aliphatic carbocycles. The van der Waals surface area contributed by atoms with E-state index in [4.69, 9.17) is 10.2 Å². The minimum absolute atomic E-state index is 0.0447. The smallest absolute Gasteiger partial charge is 0.332 e. The Morgan fingerprint density at radius 2 is 2.00 bits per heavy atom. The number of rotatable bonds is 4. The monoisotopic (exact) mass is 270 g/mol. The largest absolute Gasteiger partial charge is 0.479 e. The number of urea groups is 1. The van der Waals surface area contributed by atoms with Gasteiger partial charge < -0.3 is 20.4 Å². The van der Waals surface area contributed by atoms with E-state index in [2.05, 4.69) is 5.32 Å². The van der Waals surface area contributed by atoms with Crippen LogP contribution in [0.5, 0.6) is 0 Å². The number of carbonyl (C=O) groups is 2. The lowest BCUT2D eigenvalue weighted by Gasteiger charge is -2.31. The highest BCUT2D eigenvalue weighted by molar-refractivity contribution is 5.75.